The van der Waals surface area contributed by atoms with Gasteiger partial charge in [-0.25, -0.2) is 0 Å². The number of furan rings is 2. The van der Waals surface area contributed by atoms with Gasteiger partial charge in [0.05, 0.1) is 12.5 Å². The van der Waals surface area contributed by atoms with Gasteiger partial charge in [-0.1, -0.05) is 12.1 Å². The fraction of sp³-hybridized carbons (Fsp3) is 0.0769. The highest BCUT2D eigenvalue weighted by Crippen LogP contribution is 2.18. The molecule has 4 N–H and O–H groups in total. The highest BCUT2D eigenvalue weighted by atomic mass is 16.3. The van der Waals surface area contributed by atoms with Gasteiger partial charge >= 0.3 is 0 Å². The van der Waals surface area contributed by atoms with Gasteiger partial charge in [0.1, 0.15) is 0 Å². The Labute approximate surface area is 205 Å². The average molecular weight is 486 g/mol. The van der Waals surface area contributed by atoms with E-state index < -0.39 is 11.8 Å². The van der Waals surface area contributed by atoms with E-state index in [1.165, 1.54) is 12.5 Å². The Bertz CT molecular complexity index is 1260. The smallest absolute Gasteiger partial charge is 0.291 e. The standard InChI is InChI=1S/C26H22N4O6/c31-23(27-17-5-1-7-19(15-17)29-25(33)21-9-3-13-35-21)11-12-24(32)28-18-6-2-8-20(16-18)30-26(34)22-10-4-14-36-22/h1-10,13-16H,11-12H2,(H,27,31)(H,28,32)(H,29,33)(H,30,34). The molecule has 0 radical (unpaired) electrons. The summed E-state index contributed by atoms with van der Waals surface area (Å²) in [5.41, 5.74) is 1.90. The normalized spacial score (nSPS) is 10.3. The molecule has 2 aromatic carbocycles. The van der Waals surface area contributed by atoms with Crippen LogP contribution >= 0.6 is 0 Å². The summed E-state index contributed by atoms with van der Waals surface area (Å²) in [5, 5.41) is 10.8. The predicted molar refractivity (Wildman–Crippen MR) is 133 cm³/mol. The largest absolute Gasteiger partial charge is 0.459 e. The van der Waals surface area contributed by atoms with E-state index in [2.05, 4.69) is 21.3 Å². The first-order chi connectivity index (χ1) is 17.5. The molecule has 0 saturated heterocycles. The number of rotatable bonds is 9. The SMILES string of the molecule is O=C(CCC(=O)Nc1cccc(NC(=O)c2ccco2)c1)Nc1cccc(NC(=O)c2ccco2)c1. The molecule has 4 rings (SSSR count). The minimum absolute atomic E-state index is 0.0518. The van der Waals surface area contributed by atoms with Gasteiger partial charge in [-0.05, 0) is 60.7 Å². The van der Waals surface area contributed by atoms with E-state index in [1.54, 1.807) is 72.8 Å². The second-order valence-corrected chi connectivity index (χ2v) is 7.62. The molecule has 0 bridgehead atoms. The predicted octanol–water partition coefficient (Wildman–Crippen LogP) is 4.73. The zero-order valence-electron chi connectivity index (χ0n) is 18.9. The molecule has 10 nitrogen and oxygen atoms in total. The molecule has 4 amide bonds. The molecule has 0 spiro atoms. The van der Waals surface area contributed by atoms with Gasteiger partial charge in [-0.15, -0.1) is 0 Å². The van der Waals surface area contributed by atoms with Gasteiger partial charge in [0.25, 0.3) is 11.8 Å². The van der Waals surface area contributed by atoms with Crippen LogP contribution in [0.15, 0.2) is 94.2 Å². The van der Waals surface area contributed by atoms with Crippen LogP contribution in [0.2, 0.25) is 0 Å². The summed E-state index contributed by atoms with van der Waals surface area (Å²) in [5.74, 6) is -1.21. The second kappa shape index (κ2) is 11.3. The van der Waals surface area contributed by atoms with Gasteiger partial charge in [0.2, 0.25) is 11.8 Å². The number of carbonyl (C=O) groups is 4. The summed E-state index contributed by atoms with van der Waals surface area (Å²) < 4.78 is 10.1. The lowest BCUT2D eigenvalue weighted by Crippen LogP contribution is -2.18. The van der Waals surface area contributed by atoms with Crippen molar-refractivity contribution < 1.29 is 28.0 Å². The van der Waals surface area contributed by atoms with Gasteiger partial charge in [-0.2, -0.15) is 0 Å². The van der Waals surface area contributed by atoms with Crippen molar-refractivity contribution in [2.75, 3.05) is 21.3 Å². The number of anilines is 4. The minimum Gasteiger partial charge on any atom is -0.459 e. The summed E-state index contributed by atoms with van der Waals surface area (Å²) >= 11 is 0. The molecule has 0 fully saturated rings. The van der Waals surface area contributed by atoms with Crippen molar-refractivity contribution in [3.63, 3.8) is 0 Å². The number of nitrogens with one attached hydrogen (secondary N) is 4. The number of benzene rings is 2. The molecule has 0 saturated carbocycles. The van der Waals surface area contributed by atoms with Crippen molar-refractivity contribution in [3.8, 4) is 0 Å². The maximum absolute atomic E-state index is 12.3. The lowest BCUT2D eigenvalue weighted by molar-refractivity contribution is -0.121. The minimum atomic E-state index is -0.412. The number of carbonyl (C=O) groups excluding carboxylic acids is 4. The first-order valence-corrected chi connectivity index (χ1v) is 11.0. The molecule has 4 aromatic rings. The topological polar surface area (TPSA) is 143 Å². The van der Waals surface area contributed by atoms with Gasteiger partial charge in [0, 0.05) is 35.6 Å². The van der Waals surface area contributed by atoms with Crippen LogP contribution in [0, 0.1) is 0 Å². The van der Waals surface area contributed by atoms with E-state index in [4.69, 9.17) is 8.83 Å². The molecular formula is C26H22N4O6. The summed E-state index contributed by atoms with van der Waals surface area (Å²) in [7, 11) is 0. The third-order valence-corrected chi connectivity index (χ3v) is 4.88. The van der Waals surface area contributed by atoms with Crippen LogP contribution in [-0.2, 0) is 9.59 Å². The van der Waals surface area contributed by atoms with E-state index in [1.807, 2.05) is 0 Å². The quantitative estimate of drug-likeness (QED) is 0.269. The first kappa shape index (κ1) is 24.0. The number of hydrogen-bond donors (Lipinski definition) is 4. The fourth-order valence-electron chi connectivity index (χ4n) is 3.22. The van der Waals surface area contributed by atoms with Crippen molar-refractivity contribution in [2.45, 2.75) is 12.8 Å². The molecule has 0 aliphatic heterocycles. The molecule has 0 aliphatic rings. The van der Waals surface area contributed by atoms with Crippen LogP contribution < -0.4 is 21.3 Å². The number of amides is 4. The lowest BCUT2D eigenvalue weighted by atomic mass is 10.2. The van der Waals surface area contributed by atoms with Crippen LogP contribution in [-0.4, -0.2) is 23.6 Å². The Morgan fingerprint density at radius 2 is 0.917 bits per heavy atom. The van der Waals surface area contributed by atoms with Crippen LogP contribution in [0.5, 0.6) is 0 Å². The van der Waals surface area contributed by atoms with E-state index in [0.717, 1.165) is 0 Å². The van der Waals surface area contributed by atoms with Crippen molar-refractivity contribution >= 4 is 46.4 Å². The first-order valence-electron chi connectivity index (χ1n) is 11.0. The third kappa shape index (κ3) is 6.70. The van der Waals surface area contributed by atoms with Gasteiger partial charge in [-0.3, -0.25) is 19.2 Å². The summed E-state index contributed by atoms with van der Waals surface area (Å²) in [6.45, 7) is 0. The monoisotopic (exact) mass is 486 g/mol. The van der Waals surface area contributed by atoms with E-state index in [9.17, 15) is 19.2 Å². The average Bonchev–Trinajstić information content (AvgIpc) is 3.58. The maximum atomic E-state index is 12.3. The maximum Gasteiger partial charge on any atom is 0.291 e. The Morgan fingerprint density at radius 1 is 0.528 bits per heavy atom. The van der Waals surface area contributed by atoms with Gasteiger partial charge < -0.3 is 30.1 Å². The molecule has 182 valence electrons. The highest BCUT2D eigenvalue weighted by molar-refractivity contribution is 6.04. The van der Waals surface area contributed by atoms with Crippen LogP contribution in [0.25, 0.3) is 0 Å². The fourth-order valence-corrected chi connectivity index (χ4v) is 3.22. The van der Waals surface area contributed by atoms with Crippen molar-refractivity contribution in [3.05, 3.63) is 96.8 Å². The van der Waals surface area contributed by atoms with Crippen molar-refractivity contribution in [1.82, 2.24) is 0 Å². The lowest BCUT2D eigenvalue weighted by Gasteiger charge is -2.09. The molecule has 2 aromatic heterocycles. The second-order valence-electron chi connectivity index (χ2n) is 7.62. The van der Waals surface area contributed by atoms with Crippen molar-refractivity contribution in [1.29, 1.82) is 0 Å². The summed E-state index contributed by atoms with van der Waals surface area (Å²) in [4.78, 5) is 48.9. The van der Waals surface area contributed by atoms with Crippen LogP contribution in [0.1, 0.15) is 34.0 Å². The molecule has 2 heterocycles. The highest BCUT2D eigenvalue weighted by Gasteiger charge is 2.12. The zero-order valence-corrected chi connectivity index (χ0v) is 18.9. The Kier molecular flexibility index (Phi) is 7.57. The molecule has 36 heavy (non-hydrogen) atoms. The molecular weight excluding hydrogens is 464 g/mol. The molecule has 0 aliphatic carbocycles. The summed E-state index contributed by atoms with van der Waals surface area (Å²) in [6, 6.07) is 19.5. The molecule has 0 atom stereocenters. The van der Waals surface area contributed by atoms with Crippen LogP contribution in [0.3, 0.4) is 0 Å². The number of hydrogen-bond acceptors (Lipinski definition) is 6. The summed E-state index contributed by atoms with van der Waals surface area (Å²) in [6.07, 6.45) is 2.70. The van der Waals surface area contributed by atoms with Gasteiger partial charge in [0.15, 0.2) is 11.5 Å². The molecule has 10 heteroatoms. The van der Waals surface area contributed by atoms with E-state index in [0.29, 0.717) is 22.7 Å². The Hall–Kier alpha value is -5.12. The van der Waals surface area contributed by atoms with Crippen molar-refractivity contribution in [2.24, 2.45) is 0 Å². The van der Waals surface area contributed by atoms with E-state index >= 15 is 0 Å². The third-order valence-electron chi connectivity index (χ3n) is 4.88. The Balaban J connectivity index is 1.24. The molecule has 0 unspecified atom stereocenters. The van der Waals surface area contributed by atoms with E-state index in [-0.39, 0.29) is 36.2 Å². The zero-order chi connectivity index (χ0) is 25.3. The van der Waals surface area contributed by atoms with Crippen LogP contribution in [0.4, 0.5) is 22.7 Å². The Morgan fingerprint density at radius 3 is 1.28 bits per heavy atom.